The van der Waals surface area contributed by atoms with Gasteiger partial charge in [0.2, 0.25) is 5.91 Å². The number of ether oxygens (including phenoxy) is 1. The number of halogens is 1. The van der Waals surface area contributed by atoms with Crippen LogP contribution in [-0.2, 0) is 16.1 Å². The monoisotopic (exact) mass is 439 g/mol. The van der Waals surface area contributed by atoms with Gasteiger partial charge in [-0.2, -0.15) is 0 Å². The predicted molar refractivity (Wildman–Crippen MR) is 121 cm³/mol. The van der Waals surface area contributed by atoms with Crippen LogP contribution in [0.4, 0.5) is 4.39 Å². The highest BCUT2D eigenvalue weighted by atomic mass is 19.1. The lowest BCUT2D eigenvalue weighted by molar-refractivity contribution is -0.137. The lowest BCUT2D eigenvalue weighted by Crippen LogP contribution is -2.48. The van der Waals surface area contributed by atoms with Crippen molar-refractivity contribution in [3.8, 4) is 5.69 Å². The summed E-state index contributed by atoms with van der Waals surface area (Å²) in [7, 11) is 0. The summed E-state index contributed by atoms with van der Waals surface area (Å²) >= 11 is 0. The van der Waals surface area contributed by atoms with E-state index in [0.717, 1.165) is 36.0 Å². The molecule has 3 heterocycles. The third kappa shape index (κ3) is 4.16. The first-order valence-electron chi connectivity index (χ1n) is 11.2. The Morgan fingerprint density at radius 1 is 1.06 bits per heavy atom. The molecule has 7 heteroatoms. The Balaban J connectivity index is 1.76. The maximum absolute atomic E-state index is 13.4. The van der Waals surface area contributed by atoms with Crippen molar-refractivity contribution in [1.29, 1.82) is 0 Å². The summed E-state index contributed by atoms with van der Waals surface area (Å²) in [6.07, 6.45) is 4.68. The highest BCUT2D eigenvalue weighted by molar-refractivity contribution is 5.96. The van der Waals surface area contributed by atoms with Crippen molar-refractivity contribution in [2.75, 3.05) is 0 Å². The van der Waals surface area contributed by atoms with Gasteiger partial charge in [0.25, 0.3) is 0 Å². The molecule has 0 aliphatic carbocycles. The minimum absolute atomic E-state index is 0.00432. The fourth-order valence-electron chi connectivity index (χ4n) is 4.71. The van der Waals surface area contributed by atoms with E-state index in [4.69, 9.17) is 4.74 Å². The summed E-state index contributed by atoms with van der Waals surface area (Å²) in [5.41, 5.74) is 2.63. The van der Waals surface area contributed by atoms with Gasteiger partial charge in [0.1, 0.15) is 18.1 Å². The second kappa shape index (κ2) is 8.81. The Labute approximate surface area is 187 Å². The third-order valence-corrected chi connectivity index (χ3v) is 6.19. The standard InChI is InChI=1S/C25H30FN3O3/c1-16(2)32-25(31)23-14-22-21(12-13-27(22)20-10-8-19(26)9-11-20)28(23)15-24(30)29-17(3)6-5-7-18(29)4/h8-14,16-18H,5-7,15H2,1-4H3/t17-,18+. The van der Waals surface area contributed by atoms with Crippen LogP contribution in [0.5, 0.6) is 0 Å². The van der Waals surface area contributed by atoms with Gasteiger partial charge in [-0.25, -0.2) is 9.18 Å². The topological polar surface area (TPSA) is 56.5 Å². The number of piperidine rings is 1. The molecule has 2 aromatic heterocycles. The number of rotatable bonds is 5. The first-order chi connectivity index (χ1) is 15.3. The molecule has 1 aromatic carbocycles. The van der Waals surface area contributed by atoms with Gasteiger partial charge in [-0.1, -0.05) is 0 Å². The molecule has 1 aliphatic heterocycles. The Hall–Kier alpha value is -3.09. The van der Waals surface area contributed by atoms with Crippen LogP contribution in [0.2, 0.25) is 0 Å². The van der Waals surface area contributed by atoms with Crippen molar-refractivity contribution >= 4 is 22.9 Å². The molecule has 2 atom stereocenters. The summed E-state index contributed by atoms with van der Waals surface area (Å²) in [6.45, 7) is 7.82. The molecular formula is C25H30FN3O3. The highest BCUT2D eigenvalue weighted by Crippen LogP contribution is 2.28. The van der Waals surface area contributed by atoms with Gasteiger partial charge in [-0.3, -0.25) is 4.79 Å². The quantitative estimate of drug-likeness (QED) is 0.530. The van der Waals surface area contributed by atoms with Crippen LogP contribution < -0.4 is 0 Å². The van der Waals surface area contributed by atoms with E-state index in [2.05, 4.69) is 13.8 Å². The second-order valence-corrected chi connectivity index (χ2v) is 8.93. The maximum atomic E-state index is 13.4. The lowest BCUT2D eigenvalue weighted by Gasteiger charge is -2.39. The fourth-order valence-corrected chi connectivity index (χ4v) is 4.71. The smallest absolute Gasteiger partial charge is 0.355 e. The molecule has 0 unspecified atom stereocenters. The zero-order chi connectivity index (χ0) is 23.0. The van der Waals surface area contributed by atoms with Crippen molar-refractivity contribution in [3.63, 3.8) is 0 Å². The van der Waals surface area contributed by atoms with Crippen LogP contribution in [0.25, 0.3) is 16.7 Å². The second-order valence-electron chi connectivity index (χ2n) is 8.93. The van der Waals surface area contributed by atoms with E-state index in [0.29, 0.717) is 5.69 Å². The van der Waals surface area contributed by atoms with Gasteiger partial charge >= 0.3 is 5.97 Å². The number of amides is 1. The summed E-state index contributed by atoms with van der Waals surface area (Å²) in [5.74, 6) is -0.781. The Kier molecular flexibility index (Phi) is 6.09. The average molecular weight is 440 g/mol. The van der Waals surface area contributed by atoms with Gasteiger partial charge in [-0.15, -0.1) is 0 Å². The number of aromatic nitrogens is 2. The molecule has 1 saturated heterocycles. The number of carbonyl (C=O) groups is 2. The van der Waals surface area contributed by atoms with E-state index in [1.807, 2.05) is 21.7 Å². The van der Waals surface area contributed by atoms with Crippen LogP contribution in [0.15, 0.2) is 42.6 Å². The number of fused-ring (bicyclic) bond motifs is 1. The van der Waals surface area contributed by atoms with Crippen LogP contribution >= 0.6 is 0 Å². The Bertz CT molecular complexity index is 1120. The molecule has 0 N–H and O–H groups in total. The van der Waals surface area contributed by atoms with Crippen molar-refractivity contribution < 1.29 is 18.7 Å². The van der Waals surface area contributed by atoms with Crippen molar-refractivity contribution in [2.45, 2.75) is 71.7 Å². The van der Waals surface area contributed by atoms with E-state index >= 15 is 0 Å². The highest BCUT2D eigenvalue weighted by Gasteiger charge is 2.30. The first-order valence-corrected chi connectivity index (χ1v) is 11.2. The molecule has 0 spiro atoms. The van der Waals surface area contributed by atoms with Crippen molar-refractivity contribution in [1.82, 2.24) is 14.0 Å². The normalized spacial score (nSPS) is 19.0. The summed E-state index contributed by atoms with van der Waals surface area (Å²) < 4.78 is 22.5. The number of hydrogen-bond donors (Lipinski definition) is 0. The lowest BCUT2D eigenvalue weighted by atomic mass is 9.97. The molecule has 32 heavy (non-hydrogen) atoms. The molecule has 0 radical (unpaired) electrons. The number of nitrogens with zero attached hydrogens (tertiary/aromatic N) is 3. The fraction of sp³-hybridized carbons (Fsp3) is 0.440. The van der Waals surface area contributed by atoms with Crippen LogP contribution in [-0.4, -0.2) is 44.1 Å². The number of carbonyl (C=O) groups excluding carboxylic acids is 2. The van der Waals surface area contributed by atoms with E-state index < -0.39 is 5.97 Å². The zero-order valence-electron chi connectivity index (χ0n) is 19.0. The Morgan fingerprint density at radius 3 is 2.34 bits per heavy atom. The SMILES string of the molecule is CC(C)OC(=O)c1cc2c(ccn2-c2ccc(F)cc2)n1CC(=O)N1[C@H](C)CCC[C@@H]1C. The van der Waals surface area contributed by atoms with Crippen LogP contribution in [0.3, 0.4) is 0 Å². The van der Waals surface area contributed by atoms with Gasteiger partial charge < -0.3 is 18.8 Å². The first kappa shape index (κ1) is 22.1. The van der Waals surface area contributed by atoms with Gasteiger partial charge in [0.15, 0.2) is 0 Å². The van der Waals surface area contributed by atoms with Crippen LogP contribution in [0, 0.1) is 5.82 Å². The van der Waals surface area contributed by atoms with E-state index in [1.165, 1.54) is 12.1 Å². The Morgan fingerprint density at radius 2 is 1.72 bits per heavy atom. The van der Waals surface area contributed by atoms with E-state index in [1.54, 1.807) is 36.6 Å². The van der Waals surface area contributed by atoms with Crippen molar-refractivity contribution in [2.24, 2.45) is 0 Å². The van der Waals surface area contributed by atoms with Crippen LogP contribution in [0.1, 0.15) is 57.4 Å². The molecular weight excluding hydrogens is 409 g/mol. The van der Waals surface area contributed by atoms with Gasteiger partial charge in [0, 0.05) is 24.0 Å². The molecule has 1 amide bonds. The molecule has 6 nitrogen and oxygen atoms in total. The number of hydrogen-bond acceptors (Lipinski definition) is 3. The summed E-state index contributed by atoms with van der Waals surface area (Å²) in [5, 5.41) is 0. The zero-order valence-corrected chi connectivity index (χ0v) is 19.0. The number of likely N-dealkylation sites (tertiary alicyclic amines) is 1. The summed E-state index contributed by atoms with van der Waals surface area (Å²) in [4.78, 5) is 28.2. The maximum Gasteiger partial charge on any atom is 0.355 e. The minimum atomic E-state index is -0.464. The summed E-state index contributed by atoms with van der Waals surface area (Å²) in [6, 6.07) is 10.1. The molecule has 0 bridgehead atoms. The minimum Gasteiger partial charge on any atom is -0.458 e. The van der Waals surface area contributed by atoms with Crippen molar-refractivity contribution in [3.05, 3.63) is 54.1 Å². The van der Waals surface area contributed by atoms with E-state index in [9.17, 15) is 14.0 Å². The largest absolute Gasteiger partial charge is 0.458 e. The average Bonchev–Trinajstić information content (AvgIpc) is 3.28. The number of esters is 1. The predicted octanol–water partition coefficient (Wildman–Crippen LogP) is 4.93. The van der Waals surface area contributed by atoms with Gasteiger partial charge in [-0.05, 0) is 83.4 Å². The van der Waals surface area contributed by atoms with Gasteiger partial charge in [0.05, 0.1) is 17.1 Å². The third-order valence-electron chi connectivity index (χ3n) is 6.19. The molecule has 4 rings (SSSR count). The molecule has 170 valence electrons. The number of benzene rings is 1. The molecule has 0 saturated carbocycles. The molecule has 3 aromatic rings. The molecule has 1 aliphatic rings. The van der Waals surface area contributed by atoms with E-state index in [-0.39, 0.29) is 36.5 Å². The molecule has 1 fully saturated rings.